The van der Waals surface area contributed by atoms with Crippen LogP contribution in [-0.2, 0) is 34.2 Å². The van der Waals surface area contributed by atoms with Crippen LogP contribution in [0.4, 0.5) is 0 Å². The highest BCUT2D eigenvalue weighted by Crippen LogP contribution is 2.57. The van der Waals surface area contributed by atoms with E-state index in [1.54, 1.807) is 0 Å². The predicted octanol–water partition coefficient (Wildman–Crippen LogP) is 8.48. The lowest BCUT2D eigenvalue weighted by Crippen LogP contribution is -2.54. The Morgan fingerprint density at radius 3 is 1.76 bits per heavy atom. The molecule has 0 saturated heterocycles. The molecule has 0 spiro atoms. The van der Waals surface area contributed by atoms with E-state index in [4.69, 9.17) is 14.2 Å². The van der Waals surface area contributed by atoms with Crippen molar-refractivity contribution in [2.45, 2.75) is 116 Å². The summed E-state index contributed by atoms with van der Waals surface area (Å²) in [4.78, 5) is 43.2. The highest BCUT2D eigenvalue weighted by molar-refractivity contribution is 5.78. The largest absolute Gasteiger partial charge is 0.464 e. The van der Waals surface area contributed by atoms with Crippen molar-refractivity contribution < 1.29 is 28.6 Å². The molecule has 4 aliphatic rings. The summed E-state index contributed by atoms with van der Waals surface area (Å²) < 4.78 is 18.6. The van der Waals surface area contributed by atoms with Gasteiger partial charge in [-0.3, -0.25) is 14.4 Å². The van der Waals surface area contributed by atoms with Gasteiger partial charge in [0.2, 0.25) is 0 Å². The van der Waals surface area contributed by atoms with E-state index in [2.05, 4.69) is 0 Å². The number of hydrogen-bond acceptors (Lipinski definition) is 7. The van der Waals surface area contributed by atoms with Crippen LogP contribution in [0.25, 0.3) is 0 Å². The van der Waals surface area contributed by atoms with Crippen molar-refractivity contribution in [1.82, 2.24) is 4.90 Å². The lowest BCUT2D eigenvalue weighted by Gasteiger charge is -2.56. The highest BCUT2D eigenvalue weighted by atomic mass is 16.6. The molecule has 2 atom stereocenters. The van der Waals surface area contributed by atoms with E-state index in [0.717, 1.165) is 30.4 Å². The Morgan fingerprint density at radius 2 is 1.27 bits per heavy atom. The summed E-state index contributed by atoms with van der Waals surface area (Å²) in [6.45, 7) is 8.86. The van der Waals surface area contributed by atoms with Gasteiger partial charge >= 0.3 is 17.9 Å². The van der Waals surface area contributed by atoms with E-state index in [0.29, 0.717) is 63.0 Å². The molecule has 0 radical (unpaired) electrons. The minimum absolute atomic E-state index is 0.174. The Kier molecular flexibility index (Phi) is 11.6. The van der Waals surface area contributed by atoms with Crippen LogP contribution < -0.4 is 0 Å². The fourth-order valence-electron chi connectivity index (χ4n) is 8.97. The Labute approximate surface area is 294 Å². The molecule has 2 unspecified atom stereocenters. The zero-order valence-corrected chi connectivity index (χ0v) is 30.8. The number of likely N-dealkylation sites (N-methyl/N-ethyl adjacent to an activating group) is 1. The first-order valence-corrected chi connectivity index (χ1v) is 18.7. The Bertz CT molecular complexity index is 1350. The number of ether oxygens (including phenoxy) is 3. The summed E-state index contributed by atoms with van der Waals surface area (Å²) in [5, 5.41) is 0. The monoisotopic (exact) mass is 673 g/mol. The maximum Gasteiger partial charge on any atom is 0.312 e. The molecule has 4 bridgehead atoms. The first kappa shape index (κ1) is 37.1. The quantitative estimate of drug-likeness (QED) is 0.123. The van der Waals surface area contributed by atoms with Gasteiger partial charge in [-0.1, -0.05) is 67.6 Å². The molecule has 4 saturated carbocycles. The number of benzene rings is 2. The molecule has 49 heavy (non-hydrogen) atoms. The van der Waals surface area contributed by atoms with Crippen molar-refractivity contribution in [2.24, 2.45) is 28.6 Å². The average Bonchev–Trinajstić information content (AvgIpc) is 3.07. The standard InChI is InChI=1S/C42H59NO6/c1-7-39(2,37(45)47-24-23-43(5)6)21-22-40(3,38(46)49-42-28-31-25-32(29-42)27-33(26-31)30-42)20-14-19-36(44)48-41(4,34-15-10-8-11-16-34)35-17-12-9-13-18-35/h8-13,15-18,31-33H,7,14,19-30H2,1-6H3. The SMILES string of the molecule is CCC(C)(CCC(C)(CCCC(=O)OC(C)(c1ccccc1)c1ccccc1)C(=O)OC12CC3CC(CC(C3)C1)C2)C(=O)OCCN(C)C. The van der Waals surface area contributed by atoms with Gasteiger partial charge in [-0.25, -0.2) is 0 Å². The van der Waals surface area contributed by atoms with E-state index in [1.165, 1.54) is 19.3 Å². The van der Waals surface area contributed by atoms with Crippen LogP contribution in [0.3, 0.4) is 0 Å². The first-order valence-electron chi connectivity index (χ1n) is 18.7. The van der Waals surface area contributed by atoms with Crippen LogP contribution in [0.15, 0.2) is 60.7 Å². The molecule has 0 N–H and O–H groups in total. The lowest BCUT2D eigenvalue weighted by molar-refractivity contribution is -0.198. The minimum Gasteiger partial charge on any atom is -0.464 e. The molecular weight excluding hydrogens is 614 g/mol. The van der Waals surface area contributed by atoms with E-state index in [1.807, 2.05) is 107 Å². The van der Waals surface area contributed by atoms with Crippen LogP contribution in [-0.4, -0.2) is 55.7 Å². The molecule has 7 nitrogen and oxygen atoms in total. The molecule has 7 heteroatoms. The van der Waals surface area contributed by atoms with Gasteiger partial charge in [0, 0.05) is 13.0 Å². The zero-order chi connectivity index (χ0) is 35.3. The van der Waals surface area contributed by atoms with Crippen LogP contribution in [0.2, 0.25) is 0 Å². The third-order valence-corrected chi connectivity index (χ3v) is 12.1. The lowest BCUT2D eigenvalue weighted by atomic mass is 9.54. The molecule has 6 rings (SSSR count). The van der Waals surface area contributed by atoms with Crippen molar-refractivity contribution in [3.63, 3.8) is 0 Å². The summed E-state index contributed by atoms with van der Waals surface area (Å²) in [6.07, 6.45) is 9.42. The van der Waals surface area contributed by atoms with Crippen LogP contribution in [0.5, 0.6) is 0 Å². The maximum absolute atomic E-state index is 14.4. The highest BCUT2D eigenvalue weighted by Gasteiger charge is 2.54. The minimum atomic E-state index is -0.948. The second kappa shape index (κ2) is 15.4. The van der Waals surface area contributed by atoms with E-state index >= 15 is 0 Å². The summed E-state index contributed by atoms with van der Waals surface area (Å²) in [5.41, 5.74) is -1.09. The van der Waals surface area contributed by atoms with E-state index in [-0.39, 0.29) is 29.9 Å². The van der Waals surface area contributed by atoms with Gasteiger partial charge in [-0.2, -0.15) is 0 Å². The number of esters is 3. The zero-order valence-electron chi connectivity index (χ0n) is 30.8. The third kappa shape index (κ3) is 8.76. The topological polar surface area (TPSA) is 82.1 Å². The first-order chi connectivity index (χ1) is 23.3. The average molecular weight is 674 g/mol. The van der Waals surface area contributed by atoms with Gasteiger partial charge < -0.3 is 19.1 Å². The Hall–Kier alpha value is -3.19. The number of rotatable bonds is 17. The smallest absolute Gasteiger partial charge is 0.312 e. The van der Waals surface area contributed by atoms with Gasteiger partial charge in [0.15, 0.2) is 5.60 Å². The molecule has 2 aromatic rings. The third-order valence-electron chi connectivity index (χ3n) is 12.1. The summed E-state index contributed by atoms with van der Waals surface area (Å²) in [5.74, 6) is 1.26. The number of nitrogens with zero attached hydrogens (tertiary/aromatic N) is 1. The van der Waals surface area contributed by atoms with Crippen molar-refractivity contribution >= 4 is 17.9 Å². The number of carbonyl (C=O) groups excluding carboxylic acids is 3. The van der Waals surface area contributed by atoms with Gasteiger partial charge in [0.25, 0.3) is 0 Å². The van der Waals surface area contributed by atoms with Crippen LogP contribution in [0, 0.1) is 28.6 Å². The van der Waals surface area contributed by atoms with Gasteiger partial charge in [0.1, 0.15) is 12.2 Å². The molecular formula is C42H59NO6. The van der Waals surface area contributed by atoms with Crippen molar-refractivity contribution in [2.75, 3.05) is 27.2 Å². The van der Waals surface area contributed by atoms with Crippen molar-refractivity contribution in [3.8, 4) is 0 Å². The number of hydrogen-bond donors (Lipinski definition) is 0. The van der Waals surface area contributed by atoms with Crippen molar-refractivity contribution in [1.29, 1.82) is 0 Å². The molecule has 0 heterocycles. The maximum atomic E-state index is 14.4. The van der Waals surface area contributed by atoms with Gasteiger partial charge in [0.05, 0.1) is 10.8 Å². The van der Waals surface area contributed by atoms with E-state index in [9.17, 15) is 14.4 Å². The van der Waals surface area contributed by atoms with Gasteiger partial charge in [-0.05, 0) is 134 Å². The molecule has 0 aromatic heterocycles. The number of carbonyl (C=O) groups is 3. The second-order valence-electron chi connectivity index (χ2n) is 16.5. The van der Waals surface area contributed by atoms with E-state index < -0.39 is 16.4 Å². The fourth-order valence-corrected chi connectivity index (χ4v) is 8.97. The molecule has 4 aliphatic carbocycles. The summed E-state index contributed by atoms with van der Waals surface area (Å²) in [7, 11) is 3.90. The summed E-state index contributed by atoms with van der Waals surface area (Å²) >= 11 is 0. The normalized spacial score (nSPS) is 25.3. The van der Waals surface area contributed by atoms with Crippen LogP contribution in [0.1, 0.15) is 116 Å². The van der Waals surface area contributed by atoms with Crippen molar-refractivity contribution in [3.05, 3.63) is 71.8 Å². The fraction of sp³-hybridized carbons (Fsp3) is 0.643. The Morgan fingerprint density at radius 1 is 0.755 bits per heavy atom. The molecule has 268 valence electrons. The Balaban J connectivity index is 1.29. The predicted molar refractivity (Wildman–Crippen MR) is 192 cm³/mol. The molecule has 2 aromatic carbocycles. The summed E-state index contributed by atoms with van der Waals surface area (Å²) in [6, 6.07) is 19.6. The van der Waals surface area contributed by atoms with Gasteiger partial charge in [-0.15, -0.1) is 0 Å². The van der Waals surface area contributed by atoms with Crippen LogP contribution >= 0.6 is 0 Å². The second-order valence-corrected chi connectivity index (χ2v) is 16.5. The molecule has 0 amide bonds. The molecule has 4 fully saturated rings. The molecule has 0 aliphatic heterocycles.